The highest BCUT2D eigenvalue weighted by atomic mass is 29.6. The van der Waals surface area contributed by atoms with Crippen molar-refractivity contribution >= 4 is 34.4 Å². The van der Waals surface area contributed by atoms with Gasteiger partial charge in [-0.15, -0.1) is 0 Å². The Morgan fingerprint density at radius 3 is 1.73 bits per heavy atom. The van der Waals surface area contributed by atoms with E-state index in [1.54, 1.807) is 0 Å². The Morgan fingerprint density at radius 2 is 1.32 bits per heavy atom. The Kier molecular flexibility index (Phi) is 4.05. The minimum Gasteiger partial charge on any atom is -0.407 e. The first kappa shape index (κ1) is 15.9. The van der Waals surface area contributed by atoms with E-state index in [2.05, 4.69) is 87.6 Å². The SMILES string of the molecule is CC1(C)C[Si](C)(C)[SiH2][Si](c2ccccc2)(c2ccccc2)O1. The van der Waals surface area contributed by atoms with Gasteiger partial charge in [0.15, 0.2) is 0 Å². The van der Waals surface area contributed by atoms with Crippen LogP contribution in [0.5, 0.6) is 0 Å². The highest BCUT2D eigenvalue weighted by molar-refractivity contribution is 7.58. The largest absolute Gasteiger partial charge is 0.407 e. The second kappa shape index (κ2) is 5.60. The fourth-order valence-electron chi connectivity index (χ4n) is 4.34. The van der Waals surface area contributed by atoms with Gasteiger partial charge in [-0.25, -0.2) is 0 Å². The molecule has 2 aromatic carbocycles. The number of benzene rings is 2. The van der Waals surface area contributed by atoms with Gasteiger partial charge in [-0.3, -0.25) is 0 Å². The van der Waals surface area contributed by atoms with Crippen LogP contribution in [0, 0.1) is 0 Å². The molecule has 0 aliphatic carbocycles. The maximum absolute atomic E-state index is 7.00. The Balaban J connectivity index is 2.20. The summed E-state index contributed by atoms with van der Waals surface area (Å²) in [6.45, 7) is 9.81. The summed E-state index contributed by atoms with van der Waals surface area (Å²) in [6.07, 6.45) is 0. The van der Waals surface area contributed by atoms with Gasteiger partial charge in [0, 0.05) is 13.2 Å². The van der Waals surface area contributed by atoms with E-state index in [0.717, 1.165) is 0 Å². The molecule has 0 bridgehead atoms. The lowest BCUT2D eigenvalue weighted by molar-refractivity contribution is 0.128. The van der Waals surface area contributed by atoms with Crippen LogP contribution >= 0.6 is 0 Å². The van der Waals surface area contributed by atoms with E-state index in [-0.39, 0.29) is 14.2 Å². The average molecular weight is 343 g/mol. The molecule has 116 valence electrons. The molecule has 4 heteroatoms. The molecule has 2 aromatic rings. The second-order valence-electron chi connectivity index (χ2n) is 7.94. The summed E-state index contributed by atoms with van der Waals surface area (Å²) in [7, 11) is -3.42. The Morgan fingerprint density at radius 1 is 0.864 bits per heavy atom. The molecule has 22 heavy (non-hydrogen) atoms. The molecule has 0 radical (unpaired) electrons. The van der Waals surface area contributed by atoms with Crippen molar-refractivity contribution in [1.82, 2.24) is 0 Å². The molecule has 1 heterocycles. The van der Waals surface area contributed by atoms with Crippen molar-refractivity contribution in [2.24, 2.45) is 0 Å². The van der Waals surface area contributed by atoms with Gasteiger partial charge in [-0.05, 0) is 30.3 Å². The van der Waals surface area contributed by atoms with E-state index in [4.69, 9.17) is 4.43 Å². The summed E-state index contributed by atoms with van der Waals surface area (Å²) in [5, 5.41) is 2.97. The van der Waals surface area contributed by atoms with Gasteiger partial charge in [0.05, 0.1) is 8.55 Å². The molecule has 0 saturated carbocycles. The molecule has 3 rings (SSSR count). The van der Waals surface area contributed by atoms with Gasteiger partial charge in [-0.1, -0.05) is 73.8 Å². The molecule has 0 unspecified atom stereocenters. The predicted octanol–water partition coefficient (Wildman–Crippen LogP) is 2.43. The second-order valence-corrected chi connectivity index (χ2v) is 29.0. The molecule has 1 fully saturated rings. The lowest BCUT2D eigenvalue weighted by atomic mass is 10.2. The van der Waals surface area contributed by atoms with Crippen molar-refractivity contribution < 1.29 is 4.43 Å². The summed E-state index contributed by atoms with van der Waals surface area (Å²) >= 11 is 0. The molecule has 0 aromatic heterocycles. The quantitative estimate of drug-likeness (QED) is 0.762. The van der Waals surface area contributed by atoms with Crippen molar-refractivity contribution in [2.45, 2.75) is 38.6 Å². The zero-order valence-corrected chi connectivity index (χ0v) is 17.5. The summed E-state index contributed by atoms with van der Waals surface area (Å²) in [5.74, 6) is 0. The normalized spacial score (nSPS) is 23.3. The van der Waals surface area contributed by atoms with E-state index in [1.807, 2.05) is 0 Å². The van der Waals surface area contributed by atoms with Crippen LogP contribution in [0.1, 0.15) is 13.8 Å². The van der Waals surface area contributed by atoms with Crippen LogP contribution < -0.4 is 10.4 Å². The van der Waals surface area contributed by atoms with Crippen LogP contribution in [0.3, 0.4) is 0 Å². The fourth-order valence-corrected chi connectivity index (χ4v) is 39.7. The van der Waals surface area contributed by atoms with Crippen molar-refractivity contribution in [1.29, 1.82) is 0 Å². The Labute approximate surface area is 138 Å². The van der Waals surface area contributed by atoms with Gasteiger partial charge in [-0.2, -0.15) is 0 Å². The summed E-state index contributed by atoms with van der Waals surface area (Å²) in [6, 6.07) is 23.5. The summed E-state index contributed by atoms with van der Waals surface area (Å²) < 4.78 is 7.00. The van der Waals surface area contributed by atoms with Gasteiger partial charge in [0.25, 0.3) is 0 Å². The summed E-state index contributed by atoms with van der Waals surface area (Å²) in [5.41, 5.74) is 0.0128. The minimum atomic E-state index is -2.01. The average Bonchev–Trinajstić information content (AvgIpc) is 2.46. The van der Waals surface area contributed by atoms with Gasteiger partial charge < -0.3 is 4.43 Å². The van der Waals surface area contributed by atoms with Crippen molar-refractivity contribution in [3.05, 3.63) is 60.7 Å². The zero-order chi connectivity index (χ0) is 15.8. The van der Waals surface area contributed by atoms with Gasteiger partial charge in [0.2, 0.25) is 7.83 Å². The first-order valence-corrected chi connectivity index (χ1v) is 17.9. The van der Waals surface area contributed by atoms with Gasteiger partial charge in [0.1, 0.15) is 0 Å². The molecule has 1 nitrogen and oxygen atoms in total. The van der Waals surface area contributed by atoms with Crippen LogP contribution in [0.15, 0.2) is 60.7 Å². The standard InChI is InChI=1S/C18H26OSi3/c1-18(2)15-21(3,4)20-22(19-18,16-11-7-5-8-12-16)17-13-9-6-10-14-17/h5-14H,15,20H2,1-4H3. The smallest absolute Gasteiger partial charge is 0.231 e. The van der Waals surface area contributed by atoms with Crippen molar-refractivity contribution in [2.75, 3.05) is 0 Å². The maximum atomic E-state index is 7.00. The topological polar surface area (TPSA) is 9.23 Å². The maximum Gasteiger partial charge on any atom is 0.231 e. The van der Waals surface area contributed by atoms with Crippen LogP contribution in [-0.2, 0) is 4.43 Å². The first-order chi connectivity index (χ1) is 10.3. The minimum absolute atomic E-state index is 0.0128. The first-order valence-electron chi connectivity index (χ1n) is 8.14. The van der Waals surface area contributed by atoms with Crippen LogP contribution in [0.4, 0.5) is 0 Å². The Bertz CT molecular complexity index is 580. The third-order valence-electron chi connectivity index (χ3n) is 4.56. The van der Waals surface area contributed by atoms with E-state index in [9.17, 15) is 0 Å². The Hall–Kier alpha value is -0.949. The van der Waals surface area contributed by atoms with Crippen LogP contribution in [0.2, 0.25) is 19.1 Å². The predicted molar refractivity (Wildman–Crippen MR) is 104 cm³/mol. The number of rotatable bonds is 2. The van der Waals surface area contributed by atoms with Crippen molar-refractivity contribution in [3.63, 3.8) is 0 Å². The molecule has 1 aliphatic heterocycles. The van der Waals surface area contributed by atoms with E-state index in [0.29, 0.717) is 0 Å². The molecule has 0 atom stereocenters. The molecule has 1 saturated heterocycles. The third kappa shape index (κ3) is 3.06. The highest BCUT2D eigenvalue weighted by Crippen LogP contribution is 2.33. The molecular formula is C18H26OSi3. The molecule has 0 amide bonds. The lowest BCUT2D eigenvalue weighted by Gasteiger charge is -2.50. The van der Waals surface area contributed by atoms with Crippen LogP contribution in [-0.4, -0.2) is 29.6 Å². The van der Waals surface area contributed by atoms with Crippen molar-refractivity contribution in [3.8, 4) is 0 Å². The van der Waals surface area contributed by atoms with Crippen LogP contribution in [0.25, 0.3) is 0 Å². The van der Waals surface area contributed by atoms with E-state index < -0.39 is 15.4 Å². The van der Waals surface area contributed by atoms with E-state index >= 15 is 0 Å². The molecule has 0 spiro atoms. The van der Waals surface area contributed by atoms with Gasteiger partial charge >= 0.3 is 0 Å². The zero-order valence-electron chi connectivity index (χ0n) is 14.1. The number of hydrogen-bond acceptors (Lipinski definition) is 1. The summed E-state index contributed by atoms with van der Waals surface area (Å²) in [4.78, 5) is 0. The number of hydrogen-bond donors (Lipinski definition) is 0. The lowest BCUT2D eigenvalue weighted by Crippen LogP contribution is -2.77. The third-order valence-corrected chi connectivity index (χ3v) is 32.4. The molecule has 1 aliphatic rings. The molecular weight excluding hydrogens is 316 g/mol. The highest BCUT2D eigenvalue weighted by Gasteiger charge is 2.53. The fraction of sp³-hybridized carbons (Fsp3) is 0.333. The molecule has 0 N–H and O–H groups in total. The monoisotopic (exact) mass is 342 g/mol. The van der Waals surface area contributed by atoms with E-state index in [1.165, 1.54) is 16.4 Å².